The average molecular weight is 251 g/mol. The first-order valence-electron chi connectivity index (χ1n) is 6.78. The number of unbranched alkanes of at least 4 members (excludes halogenated alkanes) is 2. The monoisotopic (exact) mass is 251 g/mol. The molecule has 0 radical (unpaired) electrons. The van der Waals surface area contributed by atoms with Crippen molar-refractivity contribution in [2.75, 3.05) is 26.8 Å². The van der Waals surface area contributed by atoms with Crippen molar-refractivity contribution in [3.8, 4) is 5.75 Å². The topological polar surface area (TPSA) is 30.5 Å². The maximum atomic E-state index is 5.61. The van der Waals surface area contributed by atoms with Gasteiger partial charge in [0.25, 0.3) is 0 Å². The molecular weight excluding hydrogens is 226 g/mol. The lowest BCUT2D eigenvalue weighted by molar-refractivity contribution is 0.122. The van der Waals surface area contributed by atoms with Crippen molar-refractivity contribution in [2.24, 2.45) is 0 Å². The summed E-state index contributed by atoms with van der Waals surface area (Å²) < 4.78 is 10.8. The molecule has 3 nitrogen and oxygen atoms in total. The van der Waals surface area contributed by atoms with E-state index in [-0.39, 0.29) is 0 Å². The molecule has 1 N–H and O–H groups in total. The van der Waals surface area contributed by atoms with E-state index in [9.17, 15) is 0 Å². The summed E-state index contributed by atoms with van der Waals surface area (Å²) >= 11 is 0. The van der Waals surface area contributed by atoms with E-state index in [0.717, 1.165) is 31.0 Å². The third-order valence-electron chi connectivity index (χ3n) is 2.78. The lowest BCUT2D eigenvalue weighted by Crippen LogP contribution is -2.20. The molecule has 0 bridgehead atoms. The van der Waals surface area contributed by atoms with Crippen LogP contribution in [-0.4, -0.2) is 26.8 Å². The van der Waals surface area contributed by atoms with Gasteiger partial charge in [-0.15, -0.1) is 0 Å². The molecule has 0 fully saturated rings. The smallest absolute Gasteiger partial charge is 0.119 e. The largest absolute Gasteiger partial charge is 0.497 e. The Balaban J connectivity index is 2.03. The van der Waals surface area contributed by atoms with Gasteiger partial charge < -0.3 is 14.8 Å². The molecule has 0 saturated heterocycles. The Kier molecular flexibility index (Phi) is 8.26. The van der Waals surface area contributed by atoms with Crippen molar-refractivity contribution in [2.45, 2.75) is 32.8 Å². The number of hydrogen-bond acceptors (Lipinski definition) is 3. The van der Waals surface area contributed by atoms with Crippen molar-refractivity contribution in [3.63, 3.8) is 0 Å². The zero-order chi connectivity index (χ0) is 13.1. The molecular formula is C15H25NO2. The summed E-state index contributed by atoms with van der Waals surface area (Å²) in [6, 6.07) is 7.99. The summed E-state index contributed by atoms with van der Waals surface area (Å²) in [6.07, 6.45) is 3.83. The van der Waals surface area contributed by atoms with E-state index in [0.29, 0.717) is 6.61 Å². The quantitative estimate of drug-likeness (QED) is 0.648. The van der Waals surface area contributed by atoms with E-state index in [1.54, 1.807) is 7.11 Å². The Morgan fingerprint density at radius 3 is 2.83 bits per heavy atom. The van der Waals surface area contributed by atoms with Crippen LogP contribution >= 0.6 is 0 Å². The van der Waals surface area contributed by atoms with Gasteiger partial charge in [0, 0.05) is 6.54 Å². The standard InChI is InChI=1S/C15H25NO2/c1-3-4-5-9-16-10-11-18-13-14-7-6-8-15(12-14)17-2/h6-8,12,16H,3-5,9-11,13H2,1-2H3. The van der Waals surface area contributed by atoms with Crippen LogP contribution in [0.2, 0.25) is 0 Å². The van der Waals surface area contributed by atoms with E-state index in [1.165, 1.54) is 19.3 Å². The molecule has 3 heteroatoms. The first-order chi connectivity index (χ1) is 8.86. The van der Waals surface area contributed by atoms with Gasteiger partial charge in [-0.1, -0.05) is 31.9 Å². The van der Waals surface area contributed by atoms with Gasteiger partial charge >= 0.3 is 0 Å². The van der Waals surface area contributed by atoms with Crippen LogP contribution in [0.3, 0.4) is 0 Å². The molecule has 1 rings (SSSR count). The van der Waals surface area contributed by atoms with Gasteiger partial charge in [0.1, 0.15) is 5.75 Å². The Hall–Kier alpha value is -1.06. The second kappa shape index (κ2) is 9.92. The van der Waals surface area contributed by atoms with Gasteiger partial charge in [-0.05, 0) is 30.7 Å². The first kappa shape index (κ1) is 15.0. The number of rotatable bonds is 10. The van der Waals surface area contributed by atoms with E-state index in [1.807, 2.05) is 18.2 Å². The molecule has 0 unspecified atom stereocenters. The minimum atomic E-state index is 0.647. The molecule has 0 heterocycles. The first-order valence-corrected chi connectivity index (χ1v) is 6.78. The fourth-order valence-electron chi connectivity index (χ4n) is 1.72. The van der Waals surface area contributed by atoms with Crippen molar-refractivity contribution in [1.29, 1.82) is 0 Å². The second-order valence-corrected chi connectivity index (χ2v) is 4.36. The molecule has 18 heavy (non-hydrogen) atoms. The predicted octanol–water partition coefficient (Wildman–Crippen LogP) is 2.99. The SMILES string of the molecule is CCCCCNCCOCc1cccc(OC)c1. The van der Waals surface area contributed by atoms with Crippen molar-refractivity contribution in [3.05, 3.63) is 29.8 Å². The van der Waals surface area contributed by atoms with Gasteiger partial charge in [0.05, 0.1) is 20.3 Å². The van der Waals surface area contributed by atoms with E-state index < -0.39 is 0 Å². The summed E-state index contributed by atoms with van der Waals surface area (Å²) in [6.45, 7) is 5.64. The summed E-state index contributed by atoms with van der Waals surface area (Å²) in [5.41, 5.74) is 1.15. The van der Waals surface area contributed by atoms with Crippen molar-refractivity contribution in [1.82, 2.24) is 5.32 Å². The maximum Gasteiger partial charge on any atom is 0.119 e. The third kappa shape index (κ3) is 6.62. The number of methoxy groups -OCH3 is 1. The minimum Gasteiger partial charge on any atom is -0.497 e. The van der Waals surface area contributed by atoms with Gasteiger partial charge in [-0.3, -0.25) is 0 Å². The van der Waals surface area contributed by atoms with E-state index in [4.69, 9.17) is 9.47 Å². The Bertz CT molecular complexity index is 315. The lowest BCUT2D eigenvalue weighted by Gasteiger charge is -2.07. The number of ether oxygens (including phenoxy) is 2. The number of hydrogen-bond donors (Lipinski definition) is 1. The fraction of sp³-hybridized carbons (Fsp3) is 0.600. The maximum absolute atomic E-state index is 5.61. The summed E-state index contributed by atoms with van der Waals surface area (Å²) in [7, 11) is 1.68. The van der Waals surface area contributed by atoms with Gasteiger partial charge in [0.15, 0.2) is 0 Å². The Labute approximate surface area is 110 Å². The van der Waals surface area contributed by atoms with Crippen LogP contribution < -0.4 is 10.1 Å². The van der Waals surface area contributed by atoms with Crippen LogP contribution in [0.1, 0.15) is 31.7 Å². The van der Waals surface area contributed by atoms with Crippen LogP contribution in [0.4, 0.5) is 0 Å². The molecule has 0 atom stereocenters. The zero-order valence-corrected chi connectivity index (χ0v) is 11.6. The average Bonchev–Trinajstić information content (AvgIpc) is 2.42. The Morgan fingerprint density at radius 2 is 2.06 bits per heavy atom. The molecule has 102 valence electrons. The van der Waals surface area contributed by atoms with Crippen LogP contribution in [0, 0.1) is 0 Å². The summed E-state index contributed by atoms with van der Waals surface area (Å²) in [5, 5.41) is 3.38. The minimum absolute atomic E-state index is 0.647. The number of benzene rings is 1. The zero-order valence-electron chi connectivity index (χ0n) is 11.6. The van der Waals surface area contributed by atoms with E-state index in [2.05, 4.69) is 18.3 Å². The van der Waals surface area contributed by atoms with Crippen molar-refractivity contribution >= 4 is 0 Å². The second-order valence-electron chi connectivity index (χ2n) is 4.36. The predicted molar refractivity (Wildman–Crippen MR) is 75.0 cm³/mol. The van der Waals surface area contributed by atoms with E-state index >= 15 is 0 Å². The highest BCUT2D eigenvalue weighted by molar-refractivity contribution is 5.27. The molecule has 0 amide bonds. The highest BCUT2D eigenvalue weighted by atomic mass is 16.5. The molecule has 0 aliphatic carbocycles. The highest BCUT2D eigenvalue weighted by Crippen LogP contribution is 2.12. The molecule has 0 aliphatic heterocycles. The molecule has 1 aromatic rings. The van der Waals surface area contributed by atoms with Crippen LogP contribution in [-0.2, 0) is 11.3 Å². The van der Waals surface area contributed by atoms with Crippen LogP contribution in [0.25, 0.3) is 0 Å². The highest BCUT2D eigenvalue weighted by Gasteiger charge is 1.96. The van der Waals surface area contributed by atoms with Crippen LogP contribution in [0.5, 0.6) is 5.75 Å². The lowest BCUT2D eigenvalue weighted by atomic mass is 10.2. The Morgan fingerprint density at radius 1 is 1.17 bits per heavy atom. The van der Waals surface area contributed by atoms with Gasteiger partial charge in [-0.25, -0.2) is 0 Å². The molecule has 0 spiro atoms. The summed E-state index contributed by atoms with van der Waals surface area (Å²) in [5.74, 6) is 0.883. The normalized spacial score (nSPS) is 10.6. The third-order valence-corrected chi connectivity index (χ3v) is 2.78. The fourth-order valence-corrected chi connectivity index (χ4v) is 1.72. The van der Waals surface area contributed by atoms with Gasteiger partial charge in [0.2, 0.25) is 0 Å². The molecule has 0 aliphatic rings. The molecule has 0 aromatic heterocycles. The molecule has 1 aromatic carbocycles. The number of nitrogens with one attached hydrogen (secondary N) is 1. The van der Waals surface area contributed by atoms with Gasteiger partial charge in [-0.2, -0.15) is 0 Å². The molecule has 0 saturated carbocycles. The summed E-state index contributed by atoms with van der Waals surface area (Å²) in [4.78, 5) is 0. The van der Waals surface area contributed by atoms with Crippen LogP contribution in [0.15, 0.2) is 24.3 Å². The van der Waals surface area contributed by atoms with Crippen molar-refractivity contribution < 1.29 is 9.47 Å².